The van der Waals surface area contributed by atoms with Gasteiger partial charge in [0.2, 0.25) is 0 Å². The lowest BCUT2D eigenvalue weighted by atomic mass is 9.92. The largest absolute Gasteiger partial charge is 0.317 e. The van der Waals surface area contributed by atoms with E-state index in [1.807, 2.05) is 12.1 Å². The van der Waals surface area contributed by atoms with Gasteiger partial charge in [-0.05, 0) is 55.5 Å². The first-order valence-corrected chi connectivity index (χ1v) is 7.44. The summed E-state index contributed by atoms with van der Waals surface area (Å²) in [4.78, 5) is 0. The number of hydrogen-bond acceptors (Lipinski definition) is 1. The van der Waals surface area contributed by atoms with Crippen LogP contribution in [0.15, 0.2) is 24.3 Å². The van der Waals surface area contributed by atoms with Crippen molar-refractivity contribution >= 4 is 11.6 Å². The maximum Gasteiger partial charge on any atom is 0.0408 e. The highest BCUT2D eigenvalue weighted by Crippen LogP contribution is 2.19. The van der Waals surface area contributed by atoms with E-state index in [9.17, 15) is 0 Å². The van der Waals surface area contributed by atoms with E-state index in [4.69, 9.17) is 11.6 Å². The van der Waals surface area contributed by atoms with Gasteiger partial charge in [-0.25, -0.2) is 0 Å². The quantitative estimate of drug-likeness (QED) is 0.729. The first-order chi connectivity index (χ1) is 8.61. The summed E-state index contributed by atoms with van der Waals surface area (Å²) in [5.74, 6) is 1.50. The molecule has 1 aromatic carbocycles. The van der Waals surface area contributed by atoms with E-state index < -0.39 is 0 Å². The Hall–Kier alpha value is -0.530. The molecule has 0 saturated heterocycles. The summed E-state index contributed by atoms with van der Waals surface area (Å²) in [6.07, 6.45) is 3.72. The Morgan fingerprint density at radius 3 is 2.61 bits per heavy atom. The Morgan fingerprint density at radius 2 is 2.00 bits per heavy atom. The predicted molar refractivity (Wildman–Crippen MR) is 81.3 cm³/mol. The minimum Gasteiger partial charge on any atom is -0.317 e. The molecule has 102 valence electrons. The van der Waals surface area contributed by atoms with Gasteiger partial charge in [-0.15, -0.1) is 0 Å². The SMILES string of the molecule is CCNCC(CCC(C)C)Cc1cccc(Cl)c1. The second-order valence-corrected chi connectivity index (χ2v) is 5.92. The molecule has 1 nitrogen and oxygen atoms in total. The zero-order chi connectivity index (χ0) is 13.4. The van der Waals surface area contributed by atoms with Crippen LogP contribution < -0.4 is 5.32 Å². The van der Waals surface area contributed by atoms with Crippen molar-refractivity contribution in [1.29, 1.82) is 0 Å². The minimum atomic E-state index is 0.714. The zero-order valence-corrected chi connectivity index (χ0v) is 12.6. The van der Waals surface area contributed by atoms with Gasteiger partial charge < -0.3 is 5.32 Å². The Labute approximate surface area is 117 Å². The summed E-state index contributed by atoms with van der Waals surface area (Å²) in [6.45, 7) is 8.91. The number of hydrogen-bond donors (Lipinski definition) is 1. The first-order valence-electron chi connectivity index (χ1n) is 7.07. The predicted octanol–water partition coefficient (Wildman–Crippen LogP) is 4.54. The zero-order valence-electron chi connectivity index (χ0n) is 11.9. The number of benzene rings is 1. The monoisotopic (exact) mass is 267 g/mol. The molecule has 0 aromatic heterocycles. The number of rotatable bonds is 8. The minimum absolute atomic E-state index is 0.714. The molecular weight excluding hydrogens is 242 g/mol. The van der Waals surface area contributed by atoms with Crippen molar-refractivity contribution in [3.05, 3.63) is 34.9 Å². The van der Waals surface area contributed by atoms with Crippen LogP contribution in [-0.4, -0.2) is 13.1 Å². The average molecular weight is 268 g/mol. The molecule has 0 bridgehead atoms. The fourth-order valence-corrected chi connectivity index (χ4v) is 2.40. The van der Waals surface area contributed by atoms with Crippen LogP contribution in [0.1, 0.15) is 39.2 Å². The second kappa shape index (κ2) is 8.55. The Bertz CT molecular complexity index is 336. The molecule has 0 saturated carbocycles. The van der Waals surface area contributed by atoms with Gasteiger partial charge in [0.15, 0.2) is 0 Å². The van der Waals surface area contributed by atoms with E-state index in [1.54, 1.807) is 0 Å². The molecule has 1 aromatic rings. The molecule has 0 aliphatic carbocycles. The fourth-order valence-electron chi connectivity index (χ4n) is 2.19. The molecular formula is C16H26ClN. The third-order valence-electron chi connectivity index (χ3n) is 3.25. The molecule has 1 atom stereocenters. The molecule has 0 fully saturated rings. The van der Waals surface area contributed by atoms with Gasteiger partial charge in [-0.2, -0.15) is 0 Å². The summed E-state index contributed by atoms with van der Waals surface area (Å²) in [5, 5.41) is 4.32. The third-order valence-corrected chi connectivity index (χ3v) is 3.48. The van der Waals surface area contributed by atoms with E-state index in [0.717, 1.165) is 30.5 Å². The second-order valence-electron chi connectivity index (χ2n) is 5.48. The molecule has 18 heavy (non-hydrogen) atoms. The Balaban J connectivity index is 2.53. The highest BCUT2D eigenvalue weighted by atomic mass is 35.5. The van der Waals surface area contributed by atoms with Gasteiger partial charge in [0.05, 0.1) is 0 Å². The van der Waals surface area contributed by atoms with Gasteiger partial charge in [-0.1, -0.05) is 50.9 Å². The highest BCUT2D eigenvalue weighted by molar-refractivity contribution is 6.30. The van der Waals surface area contributed by atoms with Gasteiger partial charge in [0.1, 0.15) is 0 Å². The summed E-state index contributed by atoms with van der Waals surface area (Å²) >= 11 is 6.04. The lowest BCUT2D eigenvalue weighted by molar-refractivity contribution is 0.402. The molecule has 0 spiro atoms. The van der Waals surface area contributed by atoms with Crippen LogP contribution in [0.25, 0.3) is 0 Å². The molecule has 1 rings (SSSR count). The third kappa shape index (κ3) is 6.42. The van der Waals surface area contributed by atoms with Crippen LogP contribution in [0, 0.1) is 11.8 Å². The summed E-state index contributed by atoms with van der Waals surface area (Å²) < 4.78 is 0. The van der Waals surface area contributed by atoms with Crippen LogP contribution in [0.3, 0.4) is 0 Å². The van der Waals surface area contributed by atoms with Crippen LogP contribution in [0.5, 0.6) is 0 Å². The first kappa shape index (κ1) is 15.5. The fraction of sp³-hybridized carbons (Fsp3) is 0.625. The van der Waals surface area contributed by atoms with Crippen molar-refractivity contribution < 1.29 is 0 Å². The molecule has 0 amide bonds. The van der Waals surface area contributed by atoms with Crippen LogP contribution in [0.2, 0.25) is 5.02 Å². The average Bonchev–Trinajstić information content (AvgIpc) is 2.32. The van der Waals surface area contributed by atoms with Crippen molar-refractivity contribution in [3.8, 4) is 0 Å². The number of halogens is 1. The van der Waals surface area contributed by atoms with Crippen molar-refractivity contribution in [3.63, 3.8) is 0 Å². The van der Waals surface area contributed by atoms with Crippen molar-refractivity contribution in [2.24, 2.45) is 11.8 Å². The van der Waals surface area contributed by atoms with Crippen LogP contribution in [0.4, 0.5) is 0 Å². The maximum absolute atomic E-state index is 6.04. The topological polar surface area (TPSA) is 12.0 Å². The highest BCUT2D eigenvalue weighted by Gasteiger charge is 2.10. The summed E-state index contributed by atoms with van der Waals surface area (Å²) in [6, 6.07) is 8.26. The van der Waals surface area contributed by atoms with Gasteiger partial charge >= 0.3 is 0 Å². The molecule has 0 aliphatic heterocycles. The van der Waals surface area contributed by atoms with Gasteiger partial charge in [0, 0.05) is 5.02 Å². The van der Waals surface area contributed by atoms with E-state index in [1.165, 1.54) is 18.4 Å². The Kier molecular flexibility index (Phi) is 7.38. The normalized spacial score (nSPS) is 12.9. The van der Waals surface area contributed by atoms with Gasteiger partial charge in [-0.3, -0.25) is 0 Å². The smallest absolute Gasteiger partial charge is 0.0408 e. The van der Waals surface area contributed by atoms with Crippen molar-refractivity contribution in [2.45, 2.75) is 40.0 Å². The van der Waals surface area contributed by atoms with Crippen LogP contribution >= 0.6 is 11.6 Å². The van der Waals surface area contributed by atoms with E-state index in [0.29, 0.717) is 5.92 Å². The van der Waals surface area contributed by atoms with E-state index >= 15 is 0 Å². The molecule has 1 N–H and O–H groups in total. The summed E-state index contributed by atoms with van der Waals surface area (Å²) in [7, 11) is 0. The van der Waals surface area contributed by atoms with Crippen LogP contribution in [-0.2, 0) is 6.42 Å². The molecule has 2 heteroatoms. The molecule has 0 heterocycles. The molecule has 0 radical (unpaired) electrons. The number of nitrogens with one attached hydrogen (secondary N) is 1. The standard InChI is InChI=1S/C16H26ClN/c1-4-18-12-15(9-8-13(2)3)10-14-6-5-7-16(17)11-14/h5-7,11,13,15,18H,4,8-10,12H2,1-3H3. The lowest BCUT2D eigenvalue weighted by Crippen LogP contribution is -2.24. The maximum atomic E-state index is 6.04. The van der Waals surface area contributed by atoms with Crippen molar-refractivity contribution in [2.75, 3.05) is 13.1 Å². The van der Waals surface area contributed by atoms with Gasteiger partial charge in [0.25, 0.3) is 0 Å². The summed E-state index contributed by atoms with van der Waals surface area (Å²) in [5.41, 5.74) is 1.36. The molecule has 0 aliphatic rings. The van der Waals surface area contributed by atoms with E-state index in [2.05, 4.69) is 38.2 Å². The lowest BCUT2D eigenvalue weighted by Gasteiger charge is -2.18. The molecule has 1 unspecified atom stereocenters. The van der Waals surface area contributed by atoms with E-state index in [-0.39, 0.29) is 0 Å². The Morgan fingerprint density at radius 1 is 1.22 bits per heavy atom. The van der Waals surface area contributed by atoms with Crippen molar-refractivity contribution in [1.82, 2.24) is 5.32 Å².